The van der Waals surface area contributed by atoms with Gasteiger partial charge in [0.15, 0.2) is 0 Å². The van der Waals surface area contributed by atoms with Crippen LogP contribution >= 0.6 is 0 Å². The van der Waals surface area contributed by atoms with Crippen LogP contribution in [0.15, 0.2) is 0 Å². The summed E-state index contributed by atoms with van der Waals surface area (Å²) < 4.78 is 0. The van der Waals surface area contributed by atoms with Gasteiger partial charge < -0.3 is 10.1 Å². The highest BCUT2D eigenvalue weighted by molar-refractivity contribution is 5.52. The summed E-state index contributed by atoms with van der Waals surface area (Å²) in [7, 11) is 0. The van der Waals surface area contributed by atoms with Crippen molar-refractivity contribution < 1.29 is 4.79 Å². The second-order valence-electron chi connectivity index (χ2n) is 2.61. The molecule has 60 valence electrons. The summed E-state index contributed by atoms with van der Waals surface area (Å²) in [6, 6.07) is 0. The lowest BCUT2D eigenvalue weighted by atomic mass is 10.1. The summed E-state index contributed by atoms with van der Waals surface area (Å²) in [6.07, 6.45) is 3.14. The zero-order valence-electron chi connectivity index (χ0n) is 6.89. The molecule has 0 fully saturated rings. The molecule has 0 aliphatic carbocycles. The molecular formula is C8H17NO. The Labute approximate surface area is 63.0 Å². The van der Waals surface area contributed by atoms with E-state index in [0.717, 1.165) is 32.2 Å². The van der Waals surface area contributed by atoms with Gasteiger partial charge >= 0.3 is 0 Å². The summed E-state index contributed by atoms with van der Waals surface area (Å²) in [6.45, 7) is 6.10. The zero-order valence-corrected chi connectivity index (χ0v) is 6.89. The lowest BCUT2D eigenvalue weighted by molar-refractivity contribution is -0.110. The van der Waals surface area contributed by atoms with Gasteiger partial charge in [0, 0.05) is 5.92 Å². The van der Waals surface area contributed by atoms with Crippen LogP contribution in [0.5, 0.6) is 0 Å². The van der Waals surface area contributed by atoms with E-state index in [1.807, 2.05) is 6.92 Å². The van der Waals surface area contributed by atoms with Crippen LogP contribution in [0.1, 0.15) is 26.7 Å². The summed E-state index contributed by atoms with van der Waals surface area (Å²) in [4.78, 5) is 10.1. The minimum absolute atomic E-state index is 0.235. The molecule has 1 atom stereocenters. The van der Waals surface area contributed by atoms with Crippen LogP contribution in [0.4, 0.5) is 0 Å². The summed E-state index contributed by atoms with van der Waals surface area (Å²) >= 11 is 0. The fourth-order valence-corrected chi connectivity index (χ4v) is 0.794. The number of nitrogens with one attached hydrogen (secondary N) is 1. The Hall–Kier alpha value is -0.370. The first-order valence-corrected chi connectivity index (χ1v) is 3.97. The highest BCUT2D eigenvalue weighted by Crippen LogP contribution is 1.99. The molecule has 0 aromatic heterocycles. The van der Waals surface area contributed by atoms with Crippen molar-refractivity contribution in [3.05, 3.63) is 0 Å². The third kappa shape index (κ3) is 5.76. The molecule has 0 bridgehead atoms. The predicted molar refractivity (Wildman–Crippen MR) is 43.0 cm³/mol. The van der Waals surface area contributed by atoms with Crippen molar-refractivity contribution in [3.63, 3.8) is 0 Å². The molecule has 2 heteroatoms. The van der Waals surface area contributed by atoms with Gasteiger partial charge in [0.05, 0.1) is 0 Å². The van der Waals surface area contributed by atoms with E-state index in [-0.39, 0.29) is 5.92 Å². The largest absolute Gasteiger partial charge is 0.317 e. The molecule has 10 heavy (non-hydrogen) atoms. The molecule has 0 radical (unpaired) electrons. The van der Waals surface area contributed by atoms with E-state index in [0.29, 0.717) is 0 Å². The summed E-state index contributed by atoms with van der Waals surface area (Å²) in [5.74, 6) is 0.235. The van der Waals surface area contributed by atoms with Crippen LogP contribution < -0.4 is 5.32 Å². The molecule has 0 aliphatic heterocycles. The molecule has 0 heterocycles. The van der Waals surface area contributed by atoms with Gasteiger partial charge in [-0.05, 0) is 25.9 Å². The smallest absolute Gasteiger partial charge is 0.122 e. The van der Waals surface area contributed by atoms with Crippen molar-refractivity contribution in [1.82, 2.24) is 5.32 Å². The number of carbonyl (C=O) groups excluding carboxylic acids is 1. The van der Waals surface area contributed by atoms with Crippen LogP contribution in [0.25, 0.3) is 0 Å². The van der Waals surface area contributed by atoms with Gasteiger partial charge in [-0.1, -0.05) is 13.8 Å². The van der Waals surface area contributed by atoms with Crippen molar-refractivity contribution in [3.8, 4) is 0 Å². The van der Waals surface area contributed by atoms with Crippen molar-refractivity contribution in [1.29, 1.82) is 0 Å². The zero-order chi connectivity index (χ0) is 7.82. The van der Waals surface area contributed by atoms with Crippen molar-refractivity contribution in [2.45, 2.75) is 26.7 Å². The molecule has 0 unspecified atom stereocenters. The van der Waals surface area contributed by atoms with Gasteiger partial charge in [-0.15, -0.1) is 0 Å². The number of rotatable bonds is 6. The molecule has 0 rings (SSSR count). The third-order valence-electron chi connectivity index (χ3n) is 1.50. The Morgan fingerprint density at radius 2 is 2.30 bits per heavy atom. The maximum absolute atomic E-state index is 10.1. The minimum atomic E-state index is 0.235. The van der Waals surface area contributed by atoms with Crippen LogP contribution in [-0.2, 0) is 4.79 Å². The first-order valence-electron chi connectivity index (χ1n) is 3.97. The van der Waals surface area contributed by atoms with Crippen molar-refractivity contribution in [2.75, 3.05) is 13.1 Å². The molecule has 0 spiro atoms. The van der Waals surface area contributed by atoms with Gasteiger partial charge in [-0.2, -0.15) is 0 Å². The van der Waals surface area contributed by atoms with Crippen LogP contribution in [0.3, 0.4) is 0 Å². The number of carbonyl (C=O) groups is 1. The second-order valence-corrected chi connectivity index (χ2v) is 2.61. The topological polar surface area (TPSA) is 29.1 Å². The normalized spacial score (nSPS) is 13.0. The van der Waals surface area contributed by atoms with Gasteiger partial charge in [0.25, 0.3) is 0 Å². The van der Waals surface area contributed by atoms with Crippen molar-refractivity contribution >= 4 is 6.29 Å². The van der Waals surface area contributed by atoms with Gasteiger partial charge in [-0.25, -0.2) is 0 Å². The first kappa shape index (κ1) is 9.63. The van der Waals surface area contributed by atoms with E-state index < -0.39 is 0 Å². The first-order chi connectivity index (χ1) is 4.81. The quantitative estimate of drug-likeness (QED) is 0.447. The maximum Gasteiger partial charge on any atom is 0.122 e. The highest BCUT2D eigenvalue weighted by Gasteiger charge is 1.96. The second kappa shape index (κ2) is 6.75. The Bertz CT molecular complexity index is 83.3. The van der Waals surface area contributed by atoms with Crippen molar-refractivity contribution in [2.24, 2.45) is 5.92 Å². The monoisotopic (exact) mass is 143 g/mol. The molecule has 0 amide bonds. The molecule has 0 aromatic rings. The van der Waals surface area contributed by atoms with E-state index in [1.165, 1.54) is 0 Å². The van der Waals surface area contributed by atoms with E-state index in [4.69, 9.17) is 0 Å². The Kier molecular flexibility index (Phi) is 6.50. The predicted octanol–water partition coefficient (Wildman–Crippen LogP) is 1.21. The van der Waals surface area contributed by atoms with E-state index >= 15 is 0 Å². The fourth-order valence-electron chi connectivity index (χ4n) is 0.794. The molecule has 0 saturated carbocycles. The fraction of sp³-hybridized carbons (Fsp3) is 0.875. The number of hydrogen-bond acceptors (Lipinski definition) is 2. The van der Waals surface area contributed by atoms with Gasteiger partial charge in [-0.3, -0.25) is 0 Å². The van der Waals surface area contributed by atoms with E-state index in [2.05, 4.69) is 12.2 Å². The summed E-state index contributed by atoms with van der Waals surface area (Å²) in [5, 5.41) is 3.21. The highest BCUT2D eigenvalue weighted by atomic mass is 16.1. The molecule has 0 saturated heterocycles. The molecule has 0 aromatic carbocycles. The summed E-state index contributed by atoms with van der Waals surface area (Å²) in [5.41, 5.74) is 0. The Balaban J connectivity index is 2.95. The van der Waals surface area contributed by atoms with Crippen LogP contribution in [0.2, 0.25) is 0 Å². The standard InChI is InChI=1S/C8H17NO/c1-3-9-6-4-5-8(2)7-10/h7-9H,3-6H2,1-2H3/t8-/m0/s1. The SMILES string of the molecule is CCNCCC[C@H](C)C=O. The molecular weight excluding hydrogens is 126 g/mol. The molecule has 1 N–H and O–H groups in total. The molecule has 2 nitrogen and oxygen atoms in total. The van der Waals surface area contributed by atoms with E-state index in [9.17, 15) is 4.79 Å². The van der Waals surface area contributed by atoms with Crippen LogP contribution in [0, 0.1) is 5.92 Å². The van der Waals surface area contributed by atoms with Crippen LogP contribution in [-0.4, -0.2) is 19.4 Å². The van der Waals surface area contributed by atoms with E-state index in [1.54, 1.807) is 0 Å². The lowest BCUT2D eigenvalue weighted by Crippen LogP contribution is -2.14. The van der Waals surface area contributed by atoms with Gasteiger partial charge in [0.1, 0.15) is 6.29 Å². The number of aldehydes is 1. The third-order valence-corrected chi connectivity index (χ3v) is 1.50. The average molecular weight is 143 g/mol. The molecule has 0 aliphatic rings. The maximum atomic E-state index is 10.1. The lowest BCUT2D eigenvalue weighted by Gasteiger charge is -2.02. The Morgan fingerprint density at radius 3 is 2.80 bits per heavy atom. The Morgan fingerprint density at radius 1 is 1.60 bits per heavy atom. The average Bonchev–Trinajstić information content (AvgIpc) is 1.98. The minimum Gasteiger partial charge on any atom is -0.317 e. The number of hydrogen-bond donors (Lipinski definition) is 1. The van der Waals surface area contributed by atoms with Gasteiger partial charge in [0.2, 0.25) is 0 Å².